The van der Waals surface area contributed by atoms with Crippen molar-refractivity contribution in [3.8, 4) is 0 Å². The molecule has 4 heteroatoms. The number of amides is 1. The molecule has 1 heterocycles. The minimum absolute atomic E-state index is 0.228. The van der Waals surface area contributed by atoms with Crippen molar-refractivity contribution in [1.82, 2.24) is 15.1 Å². The van der Waals surface area contributed by atoms with Gasteiger partial charge in [-0.05, 0) is 58.4 Å². The van der Waals surface area contributed by atoms with Crippen molar-refractivity contribution in [3.63, 3.8) is 0 Å². The van der Waals surface area contributed by atoms with Crippen LogP contribution in [0, 0.1) is 5.92 Å². The van der Waals surface area contributed by atoms with Crippen LogP contribution >= 0.6 is 0 Å². The molecule has 1 aliphatic heterocycles. The fourth-order valence-electron chi connectivity index (χ4n) is 2.16. The third kappa shape index (κ3) is 6.03. The van der Waals surface area contributed by atoms with Crippen LogP contribution in [0.15, 0.2) is 0 Å². The van der Waals surface area contributed by atoms with E-state index in [2.05, 4.69) is 17.3 Å². The number of carbonyl (C=O) groups excluding carboxylic acids is 1. The summed E-state index contributed by atoms with van der Waals surface area (Å²) in [7, 11) is 5.82. The summed E-state index contributed by atoms with van der Waals surface area (Å²) in [6.45, 7) is 4.53. The molecule has 0 atom stereocenters. The minimum Gasteiger partial charge on any atom is -0.349 e. The van der Waals surface area contributed by atoms with E-state index in [1.54, 1.807) is 4.90 Å². The Hall–Kier alpha value is -0.610. The molecule has 0 aromatic carbocycles. The first-order valence-corrected chi connectivity index (χ1v) is 6.69. The quantitative estimate of drug-likeness (QED) is 0.698. The molecule has 1 aliphatic rings. The Morgan fingerprint density at radius 1 is 1.35 bits per heavy atom. The van der Waals surface area contributed by atoms with E-state index in [1.807, 2.05) is 14.1 Å². The predicted molar refractivity (Wildman–Crippen MR) is 71.0 cm³/mol. The predicted octanol–water partition coefficient (Wildman–Crippen LogP) is 0.786. The molecule has 1 fully saturated rings. The Morgan fingerprint density at radius 3 is 2.59 bits per heavy atom. The molecule has 1 N–H and O–H groups in total. The number of nitrogens with one attached hydrogen (secondary N) is 1. The van der Waals surface area contributed by atoms with E-state index in [9.17, 15) is 4.79 Å². The average Bonchev–Trinajstić information content (AvgIpc) is 2.30. The van der Waals surface area contributed by atoms with Crippen LogP contribution in [0.2, 0.25) is 0 Å². The van der Waals surface area contributed by atoms with E-state index < -0.39 is 0 Å². The molecular formula is C13H27N3O. The van der Waals surface area contributed by atoms with Crippen LogP contribution in [0.25, 0.3) is 0 Å². The number of piperidine rings is 1. The highest BCUT2D eigenvalue weighted by atomic mass is 16.2. The molecule has 17 heavy (non-hydrogen) atoms. The van der Waals surface area contributed by atoms with Gasteiger partial charge in [0.15, 0.2) is 0 Å². The van der Waals surface area contributed by atoms with Gasteiger partial charge in [-0.2, -0.15) is 0 Å². The molecule has 4 nitrogen and oxygen atoms in total. The van der Waals surface area contributed by atoms with Crippen LogP contribution in [0.3, 0.4) is 0 Å². The number of nitrogens with zero attached hydrogens (tertiary/aromatic N) is 2. The molecule has 0 bridgehead atoms. The van der Waals surface area contributed by atoms with Crippen LogP contribution in [0.1, 0.15) is 25.7 Å². The molecule has 0 saturated carbocycles. The maximum absolute atomic E-state index is 11.3. The molecule has 0 spiro atoms. The summed E-state index contributed by atoms with van der Waals surface area (Å²) in [4.78, 5) is 15.4. The third-order valence-electron chi connectivity index (χ3n) is 3.51. The highest BCUT2D eigenvalue weighted by Crippen LogP contribution is 2.14. The number of rotatable bonds is 6. The van der Waals surface area contributed by atoms with Crippen LogP contribution in [0.5, 0.6) is 0 Å². The Morgan fingerprint density at radius 2 is 2.00 bits per heavy atom. The van der Waals surface area contributed by atoms with Crippen molar-refractivity contribution in [1.29, 1.82) is 0 Å². The highest BCUT2D eigenvalue weighted by molar-refractivity contribution is 5.75. The zero-order valence-electron chi connectivity index (χ0n) is 11.5. The molecule has 1 saturated heterocycles. The van der Waals surface area contributed by atoms with Gasteiger partial charge in [0.05, 0.1) is 0 Å². The SMILES string of the molecule is CN1CCC(CNCCCC(=O)N(C)C)CC1. The number of hydrogen-bond acceptors (Lipinski definition) is 3. The standard InChI is InChI=1S/C13H27N3O/c1-15(2)13(17)5-4-8-14-11-12-6-9-16(3)10-7-12/h12,14H,4-11H2,1-3H3. The Kier molecular flexibility index (Phi) is 6.52. The lowest BCUT2D eigenvalue weighted by Crippen LogP contribution is -2.35. The lowest BCUT2D eigenvalue weighted by atomic mass is 9.97. The normalized spacial score (nSPS) is 18.3. The summed E-state index contributed by atoms with van der Waals surface area (Å²) in [6, 6.07) is 0. The van der Waals surface area contributed by atoms with Crippen molar-refractivity contribution in [3.05, 3.63) is 0 Å². The van der Waals surface area contributed by atoms with E-state index in [4.69, 9.17) is 0 Å². The van der Waals surface area contributed by atoms with Gasteiger partial charge in [-0.1, -0.05) is 0 Å². The second-order valence-electron chi connectivity index (χ2n) is 5.34. The van der Waals surface area contributed by atoms with Crippen molar-refractivity contribution in [2.75, 3.05) is 47.3 Å². The van der Waals surface area contributed by atoms with Crippen molar-refractivity contribution < 1.29 is 4.79 Å². The van der Waals surface area contributed by atoms with E-state index >= 15 is 0 Å². The average molecular weight is 241 g/mol. The lowest BCUT2D eigenvalue weighted by Gasteiger charge is -2.29. The summed E-state index contributed by atoms with van der Waals surface area (Å²) in [6.07, 6.45) is 4.22. The summed E-state index contributed by atoms with van der Waals surface area (Å²) in [5.74, 6) is 1.06. The van der Waals surface area contributed by atoms with Crippen LogP contribution in [0.4, 0.5) is 0 Å². The molecule has 0 radical (unpaired) electrons. The lowest BCUT2D eigenvalue weighted by molar-refractivity contribution is -0.128. The summed E-state index contributed by atoms with van der Waals surface area (Å²) in [5, 5.41) is 3.47. The van der Waals surface area contributed by atoms with Crippen molar-refractivity contribution >= 4 is 5.91 Å². The van der Waals surface area contributed by atoms with E-state index in [1.165, 1.54) is 25.9 Å². The smallest absolute Gasteiger partial charge is 0.222 e. The highest BCUT2D eigenvalue weighted by Gasteiger charge is 2.15. The Labute approximate surface area is 105 Å². The van der Waals surface area contributed by atoms with Crippen molar-refractivity contribution in [2.24, 2.45) is 5.92 Å². The molecule has 1 rings (SSSR count). The number of likely N-dealkylation sites (tertiary alicyclic amines) is 1. The van der Waals surface area contributed by atoms with Gasteiger partial charge in [0, 0.05) is 20.5 Å². The van der Waals surface area contributed by atoms with Crippen molar-refractivity contribution in [2.45, 2.75) is 25.7 Å². The zero-order chi connectivity index (χ0) is 12.7. The summed E-state index contributed by atoms with van der Waals surface area (Å²) >= 11 is 0. The molecule has 0 aromatic heterocycles. The monoisotopic (exact) mass is 241 g/mol. The number of carbonyl (C=O) groups is 1. The van der Waals surface area contributed by atoms with Crippen LogP contribution < -0.4 is 5.32 Å². The Balaban J connectivity index is 1.96. The summed E-state index contributed by atoms with van der Waals surface area (Å²) < 4.78 is 0. The van der Waals surface area contributed by atoms with Gasteiger partial charge in [-0.25, -0.2) is 0 Å². The molecule has 0 aliphatic carbocycles. The van der Waals surface area contributed by atoms with Gasteiger partial charge >= 0.3 is 0 Å². The maximum Gasteiger partial charge on any atom is 0.222 e. The first-order valence-electron chi connectivity index (χ1n) is 6.69. The maximum atomic E-state index is 11.3. The van der Waals surface area contributed by atoms with Gasteiger partial charge < -0.3 is 15.1 Å². The topological polar surface area (TPSA) is 35.6 Å². The minimum atomic E-state index is 0.228. The molecule has 0 unspecified atom stereocenters. The first-order chi connectivity index (χ1) is 8.09. The zero-order valence-corrected chi connectivity index (χ0v) is 11.5. The van der Waals surface area contributed by atoms with Crippen LogP contribution in [-0.2, 0) is 4.79 Å². The van der Waals surface area contributed by atoms with E-state index in [0.717, 1.165) is 25.4 Å². The number of hydrogen-bond donors (Lipinski definition) is 1. The Bertz CT molecular complexity index is 223. The van der Waals surface area contributed by atoms with Gasteiger partial charge in [0.25, 0.3) is 0 Å². The molecule has 100 valence electrons. The summed E-state index contributed by atoms with van der Waals surface area (Å²) in [5.41, 5.74) is 0. The fraction of sp³-hybridized carbons (Fsp3) is 0.923. The molecule has 1 amide bonds. The third-order valence-corrected chi connectivity index (χ3v) is 3.51. The molecule has 0 aromatic rings. The van der Waals surface area contributed by atoms with Gasteiger partial charge in [0.2, 0.25) is 5.91 Å². The fourth-order valence-corrected chi connectivity index (χ4v) is 2.16. The second kappa shape index (κ2) is 7.67. The van der Waals surface area contributed by atoms with Crippen LogP contribution in [-0.4, -0.2) is 63.0 Å². The first kappa shape index (κ1) is 14.5. The largest absolute Gasteiger partial charge is 0.349 e. The van der Waals surface area contributed by atoms with E-state index in [0.29, 0.717) is 6.42 Å². The van der Waals surface area contributed by atoms with Gasteiger partial charge in [0.1, 0.15) is 0 Å². The van der Waals surface area contributed by atoms with E-state index in [-0.39, 0.29) is 5.91 Å². The van der Waals surface area contributed by atoms with Gasteiger partial charge in [-0.15, -0.1) is 0 Å². The molecular weight excluding hydrogens is 214 g/mol. The van der Waals surface area contributed by atoms with Gasteiger partial charge in [-0.3, -0.25) is 4.79 Å². The second-order valence-corrected chi connectivity index (χ2v) is 5.34.